The van der Waals surface area contributed by atoms with E-state index in [1.165, 1.54) is 30.3 Å². The fourth-order valence-corrected chi connectivity index (χ4v) is 3.11. The molecule has 0 bridgehead atoms. The van der Waals surface area contributed by atoms with E-state index in [4.69, 9.17) is 0 Å². The molecule has 3 aromatic rings. The molecule has 8 heteroatoms. The summed E-state index contributed by atoms with van der Waals surface area (Å²) in [5, 5.41) is 2.75. The lowest BCUT2D eigenvalue weighted by Gasteiger charge is -2.14. The zero-order valence-electron chi connectivity index (χ0n) is 15.6. The van der Waals surface area contributed by atoms with Gasteiger partial charge in [0.1, 0.15) is 5.65 Å². The van der Waals surface area contributed by atoms with Crippen LogP contribution in [0.4, 0.5) is 5.69 Å². The van der Waals surface area contributed by atoms with Gasteiger partial charge in [-0.05, 0) is 24.1 Å². The van der Waals surface area contributed by atoms with Gasteiger partial charge in [-0.1, -0.05) is 19.1 Å². The van der Waals surface area contributed by atoms with Gasteiger partial charge in [0.15, 0.2) is 0 Å². The van der Waals surface area contributed by atoms with E-state index in [0.29, 0.717) is 5.69 Å². The summed E-state index contributed by atoms with van der Waals surface area (Å²) in [4.78, 5) is 50.1. The maximum atomic E-state index is 12.9. The Morgan fingerprint density at radius 2 is 1.70 bits per heavy atom. The Balaban J connectivity index is 2.27. The van der Waals surface area contributed by atoms with Crippen LogP contribution in [0, 0.1) is 0 Å². The molecule has 2 aromatic heterocycles. The number of benzene rings is 1. The SMILES string of the molecule is CCc1cccc(NC(=O)c2cc(=O)n(C)c3c2c(=O)n(C)c(=O)n3C)c1. The number of nitrogens with one attached hydrogen (secondary N) is 1. The summed E-state index contributed by atoms with van der Waals surface area (Å²) in [6.45, 7) is 2.00. The van der Waals surface area contributed by atoms with Crippen LogP contribution < -0.4 is 22.1 Å². The molecule has 0 saturated heterocycles. The molecule has 0 fully saturated rings. The molecule has 0 saturated carbocycles. The third-order valence-electron chi connectivity index (χ3n) is 4.66. The van der Waals surface area contributed by atoms with Gasteiger partial charge in [0.25, 0.3) is 17.0 Å². The number of hydrogen-bond donors (Lipinski definition) is 1. The lowest BCUT2D eigenvalue weighted by atomic mass is 10.1. The highest BCUT2D eigenvalue weighted by molar-refractivity contribution is 6.11. The van der Waals surface area contributed by atoms with Crippen LogP contribution in [0.3, 0.4) is 0 Å². The standard InChI is InChI=1S/C19H20N4O4/c1-5-11-7-6-8-12(9-11)20-16(25)13-10-14(24)21(2)17-15(13)18(26)23(4)19(27)22(17)3/h6-10H,5H2,1-4H3,(H,20,25). The van der Waals surface area contributed by atoms with Gasteiger partial charge < -0.3 is 5.32 Å². The minimum Gasteiger partial charge on any atom is -0.322 e. The fraction of sp³-hybridized carbons (Fsp3) is 0.263. The molecule has 0 radical (unpaired) electrons. The quantitative estimate of drug-likeness (QED) is 0.738. The molecule has 1 amide bonds. The van der Waals surface area contributed by atoms with Gasteiger partial charge in [0, 0.05) is 32.9 Å². The molecule has 1 aromatic carbocycles. The van der Waals surface area contributed by atoms with E-state index in [9.17, 15) is 19.2 Å². The van der Waals surface area contributed by atoms with Gasteiger partial charge in [-0.3, -0.25) is 28.1 Å². The molecule has 0 spiro atoms. The van der Waals surface area contributed by atoms with Crippen LogP contribution in [0.5, 0.6) is 0 Å². The molecule has 0 aliphatic heterocycles. The largest absolute Gasteiger partial charge is 0.332 e. The Kier molecular flexibility index (Phi) is 4.57. The number of aromatic nitrogens is 3. The summed E-state index contributed by atoms with van der Waals surface area (Å²) in [5.74, 6) is -0.582. The number of pyridine rings is 1. The van der Waals surface area contributed by atoms with Gasteiger partial charge in [-0.15, -0.1) is 0 Å². The molecule has 0 aliphatic rings. The van der Waals surface area contributed by atoms with Gasteiger partial charge in [-0.25, -0.2) is 4.79 Å². The number of nitrogens with zero attached hydrogens (tertiary/aromatic N) is 3. The molecule has 1 N–H and O–H groups in total. The van der Waals surface area contributed by atoms with Crippen molar-refractivity contribution in [3.8, 4) is 0 Å². The number of hydrogen-bond acceptors (Lipinski definition) is 4. The molecule has 3 rings (SSSR count). The highest BCUT2D eigenvalue weighted by Crippen LogP contribution is 2.15. The Labute approximate surface area is 154 Å². The van der Waals surface area contributed by atoms with Crippen LogP contribution in [0.15, 0.2) is 44.7 Å². The summed E-state index contributed by atoms with van der Waals surface area (Å²) >= 11 is 0. The van der Waals surface area contributed by atoms with Gasteiger partial charge in [0.05, 0.1) is 10.9 Å². The second-order valence-corrected chi connectivity index (χ2v) is 6.37. The highest BCUT2D eigenvalue weighted by Gasteiger charge is 2.20. The summed E-state index contributed by atoms with van der Waals surface area (Å²) in [6, 6.07) is 8.44. The van der Waals surface area contributed by atoms with Crippen molar-refractivity contribution in [2.24, 2.45) is 21.1 Å². The monoisotopic (exact) mass is 368 g/mol. The molecule has 27 heavy (non-hydrogen) atoms. The van der Waals surface area contributed by atoms with E-state index in [1.54, 1.807) is 6.07 Å². The molecule has 0 unspecified atom stereocenters. The van der Waals surface area contributed by atoms with Crippen LogP contribution in [-0.2, 0) is 27.6 Å². The van der Waals surface area contributed by atoms with Crippen molar-refractivity contribution in [3.05, 3.63) is 72.7 Å². The van der Waals surface area contributed by atoms with Crippen LogP contribution in [-0.4, -0.2) is 19.6 Å². The summed E-state index contributed by atoms with van der Waals surface area (Å²) in [7, 11) is 4.24. The van der Waals surface area contributed by atoms with Crippen molar-refractivity contribution in [1.82, 2.24) is 13.7 Å². The zero-order chi connectivity index (χ0) is 19.9. The number of carbonyl (C=O) groups excluding carboxylic acids is 1. The summed E-state index contributed by atoms with van der Waals surface area (Å²) in [5.41, 5.74) is -0.0471. The number of amides is 1. The molecule has 0 atom stereocenters. The van der Waals surface area contributed by atoms with Crippen LogP contribution in [0.25, 0.3) is 11.0 Å². The number of carbonyl (C=O) groups is 1. The van der Waals surface area contributed by atoms with Crippen molar-refractivity contribution in [2.45, 2.75) is 13.3 Å². The van der Waals surface area contributed by atoms with Crippen molar-refractivity contribution < 1.29 is 4.79 Å². The van der Waals surface area contributed by atoms with Crippen molar-refractivity contribution >= 4 is 22.6 Å². The van der Waals surface area contributed by atoms with E-state index in [1.807, 2.05) is 25.1 Å². The van der Waals surface area contributed by atoms with E-state index < -0.39 is 22.7 Å². The smallest absolute Gasteiger partial charge is 0.322 e. The predicted octanol–water partition coefficient (Wildman–Crippen LogP) is 0.751. The van der Waals surface area contributed by atoms with Crippen molar-refractivity contribution in [3.63, 3.8) is 0 Å². The first-order valence-corrected chi connectivity index (χ1v) is 8.46. The first-order valence-electron chi connectivity index (χ1n) is 8.46. The van der Waals surface area contributed by atoms with Gasteiger partial charge >= 0.3 is 5.69 Å². The molecule has 140 valence electrons. The minimum absolute atomic E-state index is 0.0193. The molecule has 0 aliphatic carbocycles. The zero-order valence-corrected chi connectivity index (χ0v) is 15.6. The van der Waals surface area contributed by atoms with Crippen LogP contribution in [0.2, 0.25) is 0 Å². The van der Waals surface area contributed by atoms with Crippen LogP contribution in [0.1, 0.15) is 22.8 Å². The molecular formula is C19H20N4O4. The first-order chi connectivity index (χ1) is 12.8. The molecule has 2 heterocycles. The van der Waals surface area contributed by atoms with Crippen LogP contribution >= 0.6 is 0 Å². The topological polar surface area (TPSA) is 95.1 Å². The Hall–Kier alpha value is -3.42. The Morgan fingerprint density at radius 3 is 2.37 bits per heavy atom. The van der Waals surface area contributed by atoms with Gasteiger partial charge in [0.2, 0.25) is 0 Å². The second-order valence-electron chi connectivity index (χ2n) is 6.37. The molecular weight excluding hydrogens is 348 g/mol. The second kappa shape index (κ2) is 6.71. The summed E-state index contributed by atoms with van der Waals surface area (Å²) < 4.78 is 3.29. The minimum atomic E-state index is -0.629. The average Bonchev–Trinajstić information content (AvgIpc) is 2.66. The lowest BCUT2D eigenvalue weighted by molar-refractivity contribution is 0.102. The summed E-state index contributed by atoms with van der Waals surface area (Å²) in [6.07, 6.45) is 0.807. The average molecular weight is 368 g/mol. The maximum absolute atomic E-state index is 12.9. The predicted molar refractivity (Wildman–Crippen MR) is 103 cm³/mol. The lowest BCUT2D eigenvalue weighted by Crippen LogP contribution is -2.40. The molecule has 8 nitrogen and oxygen atoms in total. The van der Waals surface area contributed by atoms with E-state index >= 15 is 0 Å². The fourth-order valence-electron chi connectivity index (χ4n) is 3.11. The Morgan fingerprint density at radius 1 is 1.00 bits per heavy atom. The normalized spacial score (nSPS) is 11.0. The number of anilines is 1. The van der Waals surface area contributed by atoms with Crippen molar-refractivity contribution in [2.75, 3.05) is 5.32 Å². The van der Waals surface area contributed by atoms with E-state index in [2.05, 4.69) is 5.32 Å². The Bertz CT molecular complexity index is 1250. The number of fused-ring (bicyclic) bond motifs is 1. The third-order valence-corrected chi connectivity index (χ3v) is 4.66. The maximum Gasteiger partial charge on any atom is 0.332 e. The highest BCUT2D eigenvalue weighted by atomic mass is 16.2. The first kappa shape index (κ1) is 18.4. The van der Waals surface area contributed by atoms with Crippen molar-refractivity contribution in [1.29, 1.82) is 0 Å². The van der Waals surface area contributed by atoms with E-state index in [-0.39, 0.29) is 16.6 Å². The number of aryl methyl sites for hydroxylation is 3. The van der Waals surface area contributed by atoms with E-state index in [0.717, 1.165) is 22.6 Å². The van der Waals surface area contributed by atoms with Gasteiger partial charge in [-0.2, -0.15) is 0 Å². The number of rotatable bonds is 3. The third kappa shape index (κ3) is 2.99.